The highest BCUT2D eigenvalue weighted by Crippen LogP contribution is 2.26. The van der Waals surface area contributed by atoms with Gasteiger partial charge in [0.25, 0.3) is 5.69 Å². The maximum absolute atomic E-state index is 15.1. The van der Waals surface area contributed by atoms with Gasteiger partial charge in [0.05, 0.1) is 16.1 Å². The number of pyridine rings is 1. The smallest absolute Gasteiger partial charge is 0.341 e. The third kappa shape index (κ3) is 4.75. The van der Waals surface area contributed by atoms with Crippen LogP contribution in [0.4, 0.5) is 15.8 Å². The molecule has 0 amide bonds. The summed E-state index contributed by atoms with van der Waals surface area (Å²) in [6, 6.07) is 8.41. The van der Waals surface area contributed by atoms with Gasteiger partial charge in [-0.05, 0) is 31.2 Å². The van der Waals surface area contributed by atoms with Crippen molar-refractivity contribution in [3.63, 3.8) is 0 Å². The van der Waals surface area contributed by atoms with Crippen molar-refractivity contribution in [1.29, 1.82) is 0 Å². The third-order valence-electron chi connectivity index (χ3n) is 6.34. The van der Waals surface area contributed by atoms with Gasteiger partial charge in [0, 0.05) is 68.5 Å². The fraction of sp³-hybridized carbons (Fsp3) is 0.292. The van der Waals surface area contributed by atoms with Gasteiger partial charge in [-0.15, -0.1) is 0 Å². The summed E-state index contributed by atoms with van der Waals surface area (Å²) >= 11 is 0. The first-order valence-electron chi connectivity index (χ1n) is 11.3. The van der Waals surface area contributed by atoms with Gasteiger partial charge in [0.2, 0.25) is 5.43 Å². The summed E-state index contributed by atoms with van der Waals surface area (Å²) in [7, 11) is 0. The number of nitro groups is 1. The Hall–Kier alpha value is -4.32. The van der Waals surface area contributed by atoms with E-state index in [9.17, 15) is 30.0 Å². The Morgan fingerprint density at radius 3 is 2.39 bits per heavy atom. The minimum absolute atomic E-state index is 0.0172. The van der Waals surface area contributed by atoms with E-state index >= 15 is 4.39 Å². The zero-order chi connectivity index (χ0) is 26.0. The standard InChI is InChI=1S/C24H24FN5O6/c1-2-28-13-18(24(32)33)23(31)17-11-19(25)22(12-21(17)28)29-9-7-27(8-10-29)14-20(26-34)15-3-5-16(6-4-15)30(35)36/h3-6,11-13,34H,2,7-10,14H2,1H3,(H,32,33)/b26-20-. The lowest BCUT2D eigenvalue weighted by atomic mass is 10.1. The van der Waals surface area contributed by atoms with Crippen LogP contribution in [0.5, 0.6) is 0 Å². The molecule has 188 valence electrons. The summed E-state index contributed by atoms with van der Waals surface area (Å²) in [6.45, 7) is 4.50. The fourth-order valence-corrected chi connectivity index (χ4v) is 4.37. The second-order valence-electron chi connectivity index (χ2n) is 8.40. The average molecular weight is 497 g/mol. The zero-order valence-corrected chi connectivity index (χ0v) is 19.4. The quantitative estimate of drug-likeness (QED) is 0.220. The molecule has 0 aliphatic carbocycles. The highest BCUT2D eigenvalue weighted by atomic mass is 19.1. The SMILES string of the molecule is CCn1cc(C(=O)O)c(=O)c2cc(F)c(N3CCN(C/C(=N/O)c4ccc([N+](=O)[O-])cc4)CC3)cc21. The van der Waals surface area contributed by atoms with E-state index in [0.29, 0.717) is 61.7 Å². The number of nitrogens with zero attached hydrogens (tertiary/aromatic N) is 5. The van der Waals surface area contributed by atoms with Gasteiger partial charge < -0.3 is 19.8 Å². The second kappa shape index (κ2) is 10.1. The number of carboxylic acid groups (broad SMARTS) is 1. The van der Waals surface area contributed by atoms with Crippen molar-refractivity contribution in [3.8, 4) is 0 Å². The molecule has 1 saturated heterocycles. The van der Waals surface area contributed by atoms with Crippen molar-refractivity contribution in [1.82, 2.24) is 9.47 Å². The Balaban J connectivity index is 1.52. The molecule has 36 heavy (non-hydrogen) atoms. The molecule has 2 heterocycles. The first-order valence-corrected chi connectivity index (χ1v) is 11.3. The van der Waals surface area contributed by atoms with Crippen LogP contribution in [0.15, 0.2) is 52.5 Å². The highest BCUT2D eigenvalue weighted by Gasteiger charge is 2.23. The first kappa shape index (κ1) is 24.8. The average Bonchev–Trinajstić information content (AvgIpc) is 2.88. The van der Waals surface area contributed by atoms with Crippen molar-refractivity contribution >= 4 is 34.0 Å². The number of halogens is 1. The Labute approximate surface area is 204 Å². The third-order valence-corrected chi connectivity index (χ3v) is 6.34. The molecule has 0 atom stereocenters. The molecule has 0 saturated carbocycles. The fourth-order valence-electron chi connectivity index (χ4n) is 4.37. The summed E-state index contributed by atoms with van der Waals surface area (Å²) in [6.07, 6.45) is 1.28. The van der Waals surface area contributed by atoms with E-state index in [1.807, 2.05) is 16.7 Å². The summed E-state index contributed by atoms with van der Waals surface area (Å²) in [5.41, 5.74) is 0.506. The van der Waals surface area contributed by atoms with Crippen molar-refractivity contribution in [2.24, 2.45) is 5.16 Å². The molecule has 0 bridgehead atoms. The molecule has 1 aromatic heterocycles. The predicted molar refractivity (Wildman–Crippen MR) is 131 cm³/mol. The Morgan fingerprint density at radius 2 is 1.83 bits per heavy atom. The van der Waals surface area contributed by atoms with E-state index in [4.69, 9.17) is 0 Å². The molecule has 0 unspecified atom stereocenters. The number of piperazine rings is 1. The van der Waals surface area contributed by atoms with Gasteiger partial charge in [0.15, 0.2) is 0 Å². The number of nitro benzene ring substituents is 1. The van der Waals surface area contributed by atoms with Gasteiger partial charge in [-0.2, -0.15) is 0 Å². The monoisotopic (exact) mass is 497 g/mol. The number of carbonyl (C=O) groups is 1. The Bertz CT molecular complexity index is 1410. The van der Waals surface area contributed by atoms with Crippen molar-refractivity contribution < 1.29 is 24.4 Å². The highest BCUT2D eigenvalue weighted by molar-refractivity contribution is 6.01. The lowest BCUT2D eigenvalue weighted by molar-refractivity contribution is -0.384. The molecular weight excluding hydrogens is 473 g/mol. The molecule has 0 radical (unpaired) electrons. The molecule has 1 aliphatic heterocycles. The van der Waals surface area contributed by atoms with Crippen molar-refractivity contribution in [3.05, 3.63) is 79.9 Å². The van der Waals surface area contributed by atoms with E-state index in [1.54, 1.807) is 10.6 Å². The molecule has 0 spiro atoms. The Kier molecular flexibility index (Phi) is 6.97. The van der Waals surface area contributed by atoms with E-state index in [-0.39, 0.29) is 11.1 Å². The Morgan fingerprint density at radius 1 is 1.17 bits per heavy atom. The number of oxime groups is 1. The van der Waals surface area contributed by atoms with Gasteiger partial charge >= 0.3 is 5.97 Å². The molecular formula is C24H24FN5O6. The number of carboxylic acids is 1. The number of anilines is 1. The number of rotatable bonds is 7. The number of hydrogen-bond acceptors (Lipinski definition) is 8. The molecule has 4 rings (SSSR count). The van der Waals surface area contributed by atoms with E-state index in [2.05, 4.69) is 5.16 Å². The molecule has 2 N–H and O–H groups in total. The van der Waals surface area contributed by atoms with Gasteiger partial charge in [-0.1, -0.05) is 5.16 Å². The molecule has 11 nitrogen and oxygen atoms in total. The van der Waals surface area contributed by atoms with Crippen LogP contribution in [0.25, 0.3) is 10.9 Å². The van der Waals surface area contributed by atoms with Gasteiger partial charge in [-0.3, -0.25) is 19.8 Å². The van der Waals surface area contributed by atoms with Crippen LogP contribution in [0.2, 0.25) is 0 Å². The van der Waals surface area contributed by atoms with Gasteiger partial charge in [-0.25, -0.2) is 9.18 Å². The number of hydrogen-bond donors (Lipinski definition) is 2. The van der Waals surface area contributed by atoms with Gasteiger partial charge in [0.1, 0.15) is 17.1 Å². The van der Waals surface area contributed by atoms with Crippen LogP contribution >= 0.6 is 0 Å². The number of aryl methyl sites for hydroxylation is 1. The largest absolute Gasteiger partial charge is 0.477 e. The van der Waals surface area contributed by atoms with Crippen LogP contribution in [-0.2, 0) is 6.54 Å². The topological polar surface area (TPSA) is 142 Å². The van der Waals surface area contributed by atoms with Crippen LogP contribution in [0.3, 0.4) is 0 Å². The van der Waals surface area contributed by atoms with Crippen LogP contribution in [0, 0.1) is 15.9 Å². The lowest BCUT2D eigenvalue weighted by Gasteiger charge is -2.36. The molecule has 1 fully saturated rings. The number of fused-ring (bicyclic) bond motifs is 1. The maximum atomic E-state index is 15.1. The number of non-ortho nitro benzene ring substituents is 1. The summed E-state index contributed by atoms with van der Waals surface area (Å²) < 4.78 is 16.7. The predicted octanol–water partition coefficient (Wildman–Crippen LogP) is 2.77. The normalized spacial score (nSPS) is 14.8. The van der Waals surface area contributed by atoms with Crippen LogP contribution < -0.4 is 10.3 Å². The van der Waals surface area contributed by atoms with Crippen molar-refractivity contribution in [2.45, 2.75) is 13.5 Å². The van der Waals surface area contributed by atoms with Crippen LogP contribution in [-0.4, -0.2) is 69.1 Å². The molecule has 12 heteroatoms. The van der Waals surface area contributed by atoms with E-state index < -0.39 is 27.7 Å². The minimum Gasteiger partial charge on any atom is -0.477 e. The number of aromatic carboxylic acids is 1. The lowest BCUT2D eigenvalue weighted by Crippen LogP contribution is -2.48. The van der Waals surface area contributed by atoms with Crippen molar-refractivity contribution in [2.75, 3.05) is 37.6 Å². The first-order chi connectivity index (χ1) is 17.2. The molecule has 1 aliphatic rings. The summed E-state index contributed by atoms with van der Waals surface area (Å²) in [5.74, 6) is -1.97. The molecule has 2 aromatic carbocycles. The number of aromatic nitrogens is 1. The van der Waals surface area contributed by atoms with E-state index in [1.165, 1.54) is 30.5 Å². The number of benzene rings is 2. The zero-order valence-electron chi connectivity index (χ0n) is 19.4. The second-order valence-corrected chi connectivity index (χ2v) is 8.40. The summed E-state index contributed by atoms with van der Waals surface area (Å²) in [5, 5.41) is 33.0. The van der Waals surface area contributed by atoms with E-state index in [0.717, 1.165) is 6.07 Å². The summed E-state index contributed by atoms with van der Waals surface area (Å²) in [4.78, 5) is 38.2. The minimum atomic E-state index is -1.36. The maximum Gasteiger partial charge on any atom is 0.341 e. The molecule has 3 aromatic rings. The van der Waals surface area contributed by atoms with Crippen LogP contribution in [0.1, 0.15) is 22.8 Å².